The van der Waals surface area contributed by atoms with E-state index in [1.54, 1.807) is 31.4 Å². The van der Waals surface area contributed by atoms with Crippen LogP contribution < -0.4 is 11.1 Å². The number of nitrogens with one attached hydrogen (secondary N) is 1. The molecule has 2 amide bonds. The van der Waals surface area contributed by atoms with Crippen LogP contribution >= 0.6 is 0 Å². The van der Waals surface area contributed by atoms with E-state index < -0.39 is 5.91 Å². The van der Waals surface area contributed by atoms with Gasteiger partial charge in [0.15, 0.2) is 0 Å². The number of carbonyl (C=O) groups excluding carboxylic acids is 2. The Bertz CT molecular complexity index is 915. The van der Waals surface area contributed by atoms with E-state index in [2.05, 4.69) is 10.3 Å². The van der Waals surface area contributed by atoms with Crippen LogP contribution in [-0.4, -0.2) is 28.5 Å². The Kier molecular flexibility index (Phi) is 4.11. The molecule has 0 aliphatic carbocycles. The molecule has 0 unspecified atom stereocenters. The molecule has 0 aliphatic rings. The van der Waals surface area contributed by atoms with Crippen LogP contribution in [0.2, 0.25) is 0 Å². The molecular formula is C18H16N4O2. The van der Waals surface area contributed by atoms with Crippen molar-refractivity contribution in [1.82, 2.24) is 14.9 Å². The van der Waals surface area contributed by atoms with Gasteiger partial charge in [0.25, 0.3) is 0 Å². The van der Waals surface area contributed by atoms with Crippen LogP contribution in [0.5, 0.6) is 0 Å². The second-order valence-electron chi connectivity index (χ2n) is 5.25. The van der Waals surface area contributed by atoms with Crippen molar-refractivity contribution in [3.8, 4) is 22.4 Å². The van der Waals surface area contributed by atoms with Gasteiger partial charge in [0.2, 0.25) is 5.91 Å². The lowest BCUT2D eigenvalue weighted by atomic mass is 10.00. The van der Waals surface area contributed by atoms with Gasteiger partial charge in [0.05, 0.1) is 5.69 Å². The Labute approximate surface area is 138 Å². The third-order valence-corrected chi connectivity index (χ3v) is 3.67. The lowest BCUT2D eigenvalue weighted by Gasteiger charge is -2.05. The third kappa shape index (κ3) is 3.03. The van der Waals surface area contributed by atoms with Crippen LogP contribution in [0.25, 0.3) is 22.4 Å². The van der Waals surface area contributed by atoms with Crippen LogP contribution in [0.3, 0.4) is 0 Å². The molecule has 1 heterocycles. The number of nitrogens with two attached hydrogens (primary N) is 1. The number of hydrogen-bond donors (Lipinski definition) is 2. The van der Waals surface area contributed by atoms with E-state index in [4.69, 9.17) is 5.73 Å². The summed E-state index contributed by atoms with van der Waals surface area (Å²) in [5.41, 5.74) is 9.18. The topological polar surface area (TPSA) is 90.0 Å². The van der Waals surface area contributed by atoms with Gasteiger partial charge in [-0.1, -0.05) is 30.3 Å². The van der Waals surface area contributed by atoms with Crippen LogP contribution in [0, 0.1) is 0 Å². The number of amides is 2. The molecule has 0 atom stereocenters. The predicted molar refractivity (Wildman–Crippen MR) is 91.5 cm³/mol. The molecular weight excluding hydrogens is 304 g/mol. The van der Waals surface area contributed by atoms with Crippen LogP contribution in [0.1, 0.15) is 10.4 Å². The number of aromatic nitrogens is 2. The van der Waals surface area contributed by atoms with Crippen molar-refractivity contribution in [3.63, 3.8) is 0 Å². The number of hydrogen-bond acceptors (Lipinski definition) is 3. The van der Waals surface area contributed by atoms with E-state index in [0.717, 1.165) is 16.7 Å². The lowest BCUT2D eigenvalue weighted by Crippen LogP contribution is -2.22. The summed E-state index contributed by atoms with van der Waals surface area (Å²) in [6.07, 6.45) is 3.13. The van der Waals surface area contributed by atoms with E-state index in [1.807, 2.05) is 30.3 Å². The quantitative estimate of drug-likeness (QED) is 0.777. The van der Waals surface area contributed by atoms with Crippen molar-refractivity contribution in [3.05, 3.63) is 66.6 Å². The number of primary amides is 1. The SMILES string of the molecule is CNC(=O)n1cnc(-c2cccc(-c3cccc(C(N)=O)c3)c2)c1. The lowest BCUT2D eigenvalue weighted by molar-refractivity contribution is 0.100. The second kappa shape index (κ2) is 6.37. The second-order valence-corrected chi connectivity index (χ2v) is 5.25. The Hall–Kier alpha value is -3.41. The van der Waals surface area contributed by atoms with E-state index in [0.29, 0.717) is 11.3 Å². The summed E-state index contributed by atoms with van der Waals surface area (Å²) in [7, 11) is 1.56. The summed E-state index contributed by atoms with van der Waals surface area (Å²) < 4.78 is 1.38. The molecule has 24 heavy (non-hydrogen) atoms. The highest BCUT2D eigenvalue weighted by atomic mass is 16.2. The van der Waals surface area contributed by atoms with E-state index >= 15 is 0 Å². The number of nitrogens with zero attached hydrogens (tertiary/aromatic N) is 2. The number of carbonyl (C=O) groups is 2. The molecule has 3 rings (SSSR count). The minimum Gasteiger partial charge on any atom is -0.366 e. The van der Waals surface area contributed by atoms with Crippen molar-refractivity contribution in [2.45, 2.75) is 0 Å². The summed E-state index contributed by atoms with van der Waals surface area (Å²) in [6, 6.07) is 14.6. The van der Waals surface area contributed by atoms with Gasteiger partial charge >= 0.3 is 6.03 Å². The largest absolute Gasteiger partial charge is 0.366 e. The standard InChI is InChI=1S/C18H16N4O2/c1-20-18(24)22-10-16(21-11-22)14-6-2-4-12(8-14)13-5-3-7-15(9-13)17(19)23/h2-11H,1H3,(H2,19,23)(H,20,24). The average molecular weight is 320 g/mol. The highest BCUT2D eigenvalue weighted by molar-refractivity contribution is 5.94. The van der Waals surface area contributed by atoms with Crippen LogP contribution in [0.15, 0.2) is 61.1 Å². The van der Waals surface area contributed by atoms with E-state index in [9.17, 15) is 9.59 Å². The zero-order valence-electron chi connectivity index (χ0n) is 13.1. The molecule has 0 bridgehead atoms. The van der Waals surface area contributed by atoms with Gasteiger partial charge in [-0.25, -0.2) is 9.78 Å². The zero-order chi connectivity index (χ0) is 17.1. The highest BCUT2D eigenvalue weighted by Gasteiger charge is 2.08. The van der Waals surface area contributed by atoms with Crippen molar-refractivity contribution >= 4 is 11.9 Å². The van der Waals surface area contributed by atoms with E-state index in [1.165, 1.54) is 10.9 Å². The monoisotopic (exact) mass is 320 g/mol. The molecule has 6 heteroatoms. The summed E-state index contributed by atoms with van der Waals surface area (Å²) in [4.78, 5) is 27.2. The van der Waals surface area contributed by atoms with Gasteiger partial charge in [-0.2, -0.15) is 0 Å². The van der Waals surface area contributed by atoms with Crippen molar-refractivity contribution in [2.24, 2.45) is 5.73 Å². The fourth-order valence-electron chi connectivity index (χ4n) is 2.42. The van der Waals surface area contributed by atoms with Crippen molar-refractivity contribution in [2.75, 3.05) is 7.05 Å². The molecule has 0 spiro atoms. The molecule has 3 aromatic rings. The molecule has 0 saturated carbocycles. The zero-order valence-corrected chi connectivity index (χ0v) is 13.1. The Balaban J connectivity index is 1.97. The minimum absolute atomic E-state index is 0.251. The first-order chi connectivity index (χ1) is 11.6. The maximum atomic E-state index is 11.6. The first kappa shape index (κ1) is 15.5. The first-order valence-electron chi connectivity index (χ1n) is 7.35. The summed E-state index contributed by atoms with van der Waals surface area (Å²) in [6.45, 7) is 0. The maximum Gasteiger partial charge on any atom is 0.326 e. The Morgan fingerprint density at radius 1 is 1.04 bits per heavy atom. The van der Waals surface area contributed by atoms with Crippen LogP contribution in [0.4, 0.5) is 4.79 Å². The fraction of sp³-hybridized carbons (Fsp3) is 0.0556. The van der Waals surface area contributed by atoms with Gasteiger partial charge in [0.1, 0.15) is 6.33 Å². The number of benzene rings is 2. The summed E-state index contributed by atoms with van der Waals surface area (Å²) in [5.74, 6) is -0.461. The third-order valence-electron chi connectivity index (χ3n) is 3.67. The Morgan fingerprint density at radius 3 is 2.42 bits per heavy atom. The van der Waals surface area contributed by atoms with Crippen molar-refractivity contribution < 1.29 is 9.59 Å². The predicted octanol–water partition coefficient (Wildman–Crippen LogP) is 2.50. The number of rotatable bonds is 3. The molecule has 2 aromatic carbocycles. The van der Waals surface area contributed by atoms with Crippen LogP contribution in [-0.2, 0) is 0 Å². The van der Waals surface area contributed by atoms with Gasteiger partial charge < -0.3 is 11.1 Å². The summed E-state index contributed by atoms with van der Waals surface area (Å²) in [5, 5.41) is 2.54. The minimum atomic E-state index is -0.461. The molecule has 120 valence electrons. The molecule has 0 fully saturated rings. The molecule has 3 N–H and O–H groups in total. The molecule has 0 saturated heterocycles. The highest BCUT2D eigenvalue weighted by Crippen LogP contribution is 2.26. The van der Waals surface area contributed by atoms with Gasteiger partial charge in [0, 0.05) is 24.4 Å². The van der Waals surface area contributed by atoms with Gasteiger partial charge in [-0.3, -0.25) is 9.36 Å². The number of imidazole rings is 1. The fourth-order valence-corrected chi connectivity index (χ4v) is 2.42. The van der Waals surface area contributed by atoms with Gasteiger partial charge in [-0.05, 0) is 29.3 Å². The molecule has 1 aromatic heterocycles. The molecule has 6 nitrogen and oxygen atoms in total. The van der Waals surface area contributed by atoms with Crippen molar-refractivity contribution in [1.29, 1.82) is 0 Å². The smallest absolute Gasteiger partial charge is 0.326 e. The normalized spacial score (nSPS) is 10.4. The first-order valence-corrected chi connectivity index (χ1v) is 7.35. The Morgan fingerprint density at radius 2 is 1.71 bits per heavy atom. The van der Waals surface area contributed by atoms with Gasteiger partial charge in [-0.15, -0.1) is 0 Å². The van der Waals surface area contributed by atoms with E-state index in [-0.39, 0.29) is 6.03 Å². The maximum absolute atomic E-state index is 11.6. The molecule has 0 radical (unpaired) electrons. The molecule has 0 aliphatic heterocycles. The summed E-state index contributed by atoms with van der Waals surface area (Å²) >= 11 is 0. The average Bonchev–Trinajstić information content (AvgIpc) is 3.11.